The highest BCUT2D eigenvalue weighted by atomic mass is 32.2. The van der Waals surface area contributed by atoms with Crippen molar-refractivity contribution in [3.8, 4) is 11.1 Å². The minimum absolute atomic E-state index is 0.00438. The molecule has 0 spiro atoms. The molecule has 0 radical (unpaired) electrons. The number of amides is 1. The van der Waals surface area contributed by atoms with Gasteiger partial charge in [0.15, 0.2) is 5.43 Å². The lowest BCUT2D eigenvalue weighted by molar-refractivity contribution is -0.138. The number of carbonyl (C=O) groups excluding carboxylic acids is 1. The molecular formula is C38H39F4N3O2S. The topological polar surface area (TPSA) is 45.5 Å². The van der Waals surface area contributed by atoms with E-state index in [4.69, 9.17) is 0 Å². The Balaban J connectivity index is 1.25. The van der Waals surface area contributed by atoms with Crippen molar-refractivity contribution in [2.45, 2.75) is 75.1 Å². The number of alkyl halides is 3. The lowest BCUT2D eigenvalue weighted by atomic mass is 10.00. The van der Waals surface area contributed by atoms with Gasteiger partial charge in [-0.15, -0.1) is 11.8 Å². The Morgan fingerprint density at radius 1 is 0.896 bits per heavy atom. The molecule has 10 heteroatoms. The summed E-state index contributed by atoms with van der Waals surface area (Å²) in [6.07, 6.45) is -0.355. The van der Waals surface area contributed by atoms with Crippen LogP contribution in [-0.2, 0) is 42.7 Å². The molecule has 2 heterocycles. The molecule has 1 aromatic heterocycles. The van der Waals surface area contributed by atoms with E-state index >= 15 is 0 Å². The van der Waals surface area contributed by atoms with Crippen molar-refractivity contribution in [1.29, 1.82) is 0 Å². The van der Waals surface area contributed by atoms with Crippen LogP contribution in [-0.4, -0.2) is 46.0 Å². The summed E-state index contributed by atoms with van der Waals surface area (Å²) < 4.78 is 54.7. The maximum Gasteiger partial charge on any atom is 0.416 e. The average Bonchev–Trinajstić information content (AvgIpc) is 3.59. The van der Waals surface area contributed by atoms with E-state index < -0.39 is 11.7 Å². The van der Waals surface area contributed by atoms with Crippen LogP contribution in [0.1, 0.15) is 54.1 Å². The Bertz CT molecular complexity index is 1780. The molecule has 1 aliphatic heterocycles. The highest BCUT2D eigenvalue weighted by Crippen LogP contribution is 2.32. The van der Waals surface area contributed by atoms with Crippen LogP contribution in [0.5, 0.6) is 0 Å². The number of halogens is 4. The fraction of sp³-hybridized carbons (Fsp3) is 0.368. The summed E-state index contributed by atoms with van der Waals surface area (Å²) in [5, 5.41) is 0.736. The van der Waals surface area contributed by atoms with Gasteiger partial charge in [-0.1, -0.05) is 55.5 Å². The van der Waals surface area contributed by atoms with Gasteiger partial charge >= 0.3 is 6.18 Å². The van der Waals surface area contributed by atoms with Gasteiger partial charge in [0.2, 0.25) is 5.91 Å². The summed E-state index contributed by atoms with van der Waals surface area (Å²) in [5.41, 5.74) is 4.39. The molecular weight excluding hydrogens is 638 g/mol. The lowest BCUT2D eigenvalue weighted by Crippen LogP contribution is -2.48. The fourth-order valence-corrected chi connectivity index (χ4v) is 7.81. The molecule has 4 aromatic rings. The molecule has 5 nitrogen and oxygen atoms in total. The van der Waals surface area contributed by atoms with E-state index in [0.29, 0.717) is 24.3 Å². The first-order chi connectivity index (χ1) is 23.1. The molecule has 2 aliphatic rings. The second kappa shape index (κ2) is 14.7. The zero-order valence-corrected chi connectivity index (χ0v) is 27.8. The Labute approximate surface area is 282 Å². The van der Waals surface area contributed by atoms with Crippen LogP contribution in [0.25, 0.3) is 11.1 Å². The van der Waals surface area contributed by atoms with E-state index in [1.165, 1.54) is 36.0 Å². The zero-order chi connectivity index (χ0) is 33.8. The number of rotatable bonds is 10. The van der Waals surface area contributed by atoms with Crippen molar-refractivity contribution >= 4 is 17.7 Å². The highest BCUT2D eigenvalue weighted by Gasteiger charge is 2.31. The molecule has 0 saturated carbocycles. The van der Waals surface area contributed by atoms with E-state index in [-0.39, 0.29) is 29.7 Å². The quantitative estimate of drug-likeness (QED) is 0.126. The van der Waals surface area contributed by atoms with Crippen LogP contribution >= 0.6 is 11.8 Å². The number of likely N-dealkylation sites (tertiary alicyclic amines) is 1. The maximum absolute atomic E-state index is 14.4. The van der Waals surface area contributed by atoms with Crippen LogP contribution < -0.4 is 5.43 Å². The first kappa shape index (κ1) is 34.0. The molecule has 1 aliphatic carbocycles. The molecule has 48 heavy (non-hydrogen) atoms. The van der Waals surface area contributed by atoms with Gasteiger partial charge in [-0.2, -0.15) is 13.2 Å². The van der Waals surface area contributed by atoms with Gasteiger partial charge in [0.05, 0.1) is 10.6 Å². The van der Waals surface area contributed by atoms with Gasteiger partial charge in [0.1, 0.15) is 12.4 Å². The van der Waals surface area contributed by atoms with Gasteiger partial charge in [-0.05, 0) is 85.2 Å². The number of piperidine rings is 1. The van der Waals surface area contributed by atoms with Crippen molar-refractivity contribution in [3.63, 3.8) is 0 Å². The second-order valence-electron chi connectivity index (χ2n) is 12.6. The SMILES string of the molecule is CCN1CCC(N(Cc2ccc(-c3ccc(C(F)(F)F)cc3)cc2)C(=O)Cn2c(SCc3ccc(F)cc3)cc(=O)c3c2CCC3)CC1. The fourth-order valence-electron chi connectivity index (χ4n) is 6.78. The summed E-state index contributed by atoms with van der Waals surface area (Å²) in [6.45, 7) is 5.44. The van der Waals surface area contributed by atoms with Crippen molar-refractivity contribution in [1.82, 2.24) is 14.4 Å². The van der Waals surface area contributed by atoms with Gasteiger partial charge < -0.3 is 14.4 Å². The molecule has 1 saturated heterocycles. The van der Waals surface area contributed by atoms with Gasteiger partial charge in [-0.25, -0.2) is 4.39 Å². The maximum atomic E-state index is 14.4. The van der Waals surface area contributed by atoms with Crippen molar-refractivity contribution in [2.75, 3.05) is 19.6 Å². The number of aromatic nitrogens is 1. The van der Waals surface area contributed by atoms with Crippen molar-refractivity contribution < 1.29 is 22.4 Å². The predicted octanol–water partition coefficient (Wildman–Crippen LogP) is 7.97. The molecule has 0 unspecified atom stereocenters. The number of thioether (sulfide) groups is 1. The number of benzene rings is 3. The average molecular weight is 678 g/mol. The van der Waals surface area contributed by atoms with Crippen molar-refractivity contribution in [3.05, 3.63) is 123 Å². The molecule has 252 valence electrons. The largest absolute Gasteiger partial charge is 0.416 e. The normalized spacial score (nSPS) is 15.4. The third-order valence-electron chi connectivity index (χ3n) is 9.54. The summed E-state index contributed by atoms with van der Waals surface area (Å²) in [4.78, 5) is 31.8. The standard InChI is InChI=1S/C38H39F4N3O2S/c1-2-43-20-18-32(19-21-43)44(23-26-6-10-28(11-7-26)29-12-14-30(15-13-29)38(40,41)42)36(47)24-45-34-5-3-4-33(34)35(46)22-37(45)48-25-27-8-16-31(39)17-9-27/h6-17,22,32H,2-5,18-21,23-25H2,1H3. The number of carbonyl (C=O) groups is 1. The molecule has 0 bridgehead atoms. The smallest absolute Gasteiger partial charge is 0.334 e. The van der Waals surface area contributed by atoms with Crippen LogP contribution in [0.4, 0.5) is 17.6 Å². The molecule has 6 rings (SSSR count). The van der Waals surface area contributed by atoms with E-state index in [1.54, 1.807) is 18.2 Å². The zero-order valence-electron chi connectivity index (χ0n) is 26.9. The number of nitrogens with zero attached hydrogens (tertiary/aromatic N) is 3. The van der Waals surface area contributed by atoms with E-state index in [0.717, 1.165) is 90.4 Å². The summed E-state index contributed by atoms with van der Waals surface area (Å²) >= 11 is 1.49. The molecule has 0 N–H and O–H groups in total. The number of fused-ring (bicyclic) bond motifs is 1. The first-order valence-corrected chi connectivity index (χ1v) is 17.5. The monoisotopic (exact) mass is 677 g/mol. The molecule has 0 atom stereocenters. The summed E-state index contributed by atoms with van der Waals surface area (Å²) in [6, 6.07) is 20.8. The van der Waals surface area contributed by atoms with E-state index in [9.17, 15) is 27.2 Å². The van der Waals surface area contributed by atoms with Crippen LogP contribution in [0.15, 0.2) is 88.7 Å². The minimum Gasteiger partial charge on any atom is -0.334 e. The van der Waals surface area contributed by atoms with Crippen LogP contribution in [0, 0.1) is 5.82 Å². The van der Waals surface area contributed by atoms with Crippen LogP contribution in [0.3, 0.4) is 0 Å². The highest BCUT2D eigenvalue weighted by molar-refractivity contribution is 7.98. The second-order valence-corrected chi connectivity index (χ2v) is 13.6. The molecule has 1 fully saturated rings. The number of hydrogen-bond donors (Lipinski definition) is 0. The van der Waals surface area contributed by atoms with Gasteiger partial charge in [0, 0.05) is 48.8 Å². The Kier molecular flexibility index (Phi) is 10.4. The third kappa shape index (κ3) is 7.87. The molecule has 3 aromatic carbocycles. The number of pyridine rings is 1. The Hall–Kier alpha value is -3.89. The summed E-state index contributed by atoms with van der Waals surface area (Å²) in [7, 11) is 0. The molecule has 1 amide bonds. The van der Waals surface area contributed by atoms with Crippen molar-refractivity contribution in [2.24, 2.45) is 0 Å². The Morgan fingerprint density at radius 3 is 2.15 bits per heavy atom. The predicted molar refractivity (Wildman–Crippen MR) is 181 cm³/mol. The lowest BCUT2D eigenvalue weighted by Gasteiger charge is -2.38. The third-order valence-corrected chi connectivity index (χ3v) is 10.7. The number of hydrogen-bond acceptors (Lipinski definition) is 4. The van der Waals surface area contributed by atoms with Gasteiger partial charge in [0.25, 0.3) is 0 Å². The van der Waals surface area contributed by atoms with E-state index in [1.807, 2.05) is 33.7 Å². The minimum atomic E-state index is -4.39. The Morgan fingerprint density at radius 2 is 1.52 bits per heavy atom. The van der Waals surface area contributed by atoms with Gasteiger partial charge in [-0.3, -0.25) is 9.59 Å². The van der Waals surface area contributed by atoms with E-state index in [2.05, 4.69) is 11.8 Å². The van der Waals surface area contributed by atoms with Crippen LogP contribution in [0.2, 0.25) is 0 Å². The summed E-state index contributed by atoms with van der Waals surface area (Å²) in [5.74, 6) is 0.220. The first-order valence-electron chi connectivity index (χ1n) is 16.5.